The molecule has 0 radical (unpaired) electrons. The van der Waals surface area contributed by atoms with Crippen LogP contribution in [0.15, 0.2) is 36.4 Å². The highest BCUT2D eigenvalue weighted by molar-refractivity contribution is 6.42. The van der Waals surface area contributed by atoms with Crippen LogP contribution >= 0.6 is 23.2 Å². The van der Waals surface area contributed by atoms with Crippen LogP contribution in [0.4, 0.5) is 8.78 Å². The van der Waals surface area contributed by atoms with Gasteiger partial charge in [-0.25, -0.2) is 8.78 Å². The zero-order valence-electron chi connectivity index (χ0n) is 11.0. The highest BCUT2D eigenvalue weighted by atomic mass is 35.5. The van der Waals surface area contributed by atoms with E-state index in [9.17, 15) is 13.6 Å². The van der Waals surface area contributed by atoms with Crippen LogP contribution in [-0.2, 0) is 6.54 Å². The number of rotatable bonds is 3. The standard InChI is InChI=1S/C15H11Cl2F2NO/c1-20(8-9-2-5-12(16)13(17)6-9)15(21)11-4-3-10(18)7-14(11)19/h2-7H,8H2,1H3. The van der Waals surface area contributed by atoms with Crippen LogP contribution in [0.2, 0.25) is 10.0 Å². The zero-order valence-corrected chi connectivity index (χ0v) is 12.6. The van der Waals surface area contributed by atoms with Gasteiger partial charge in [0.2, 0.25) is 0 Å². The summed E-state index contributed by atoms with van der Waals surface area (Å²) < 4.78 is 26.4. The maximum Gasteiger partial charge on any atom is 0.256 e. The summed E-state index contributed by atoms with van der Waals surface area (Å²) >= 11 is 11.7. The molecule has 0 atom stereocenters. The summed E-state index contributed by atoms with van der Waals surface area (Å²) in [5.74, 6) is -2.16. The van der Waals surface area contributed by atoms with Gasteiger partial charge in [-0.05, 0) is 29.8 Å². The number of amides is 1. The van der Waals surface area contributed by atoms with Gasteiger partial charge in [0.15, 0.2) is 0 Å². The second-order valence-corrected chi connectivity index (χ2v) is 5.35. The third-order valence-corrected chi connectivity index (χ3v) is 3.65. The molecule has 21 heavy (non-hydrogen) atoms. The van der Waals surface area contributed by atoms with E-state index < -0.39 is 17.5 Å². The van der Waals surface area contributed by atoms with Crippen molar-refractivity contribution in [2.45, 2.75) is 6.54 Å². The molecular weight excluding hydrogens is 319 g/mol. The first kappa shape index (κ1) is 15.7. The van der Waals surface area contributed by atoms with Gasteiger partial charge < -0.3 is 4.90 Å². The lowest BCUT2D eigenvalue weighted by atomic mass is 10.1. The van der Waals surface area contributed by atoms with Gasteiger partial charge in [-0.15, -0.1) is 0 Å². The Labute approximate surface area is 130 Å². The van der Waals surface area contributed by atoms with Gasteiger partial charge in [0.1, 0.15) is 11.6 Å². The van der Waals surface area contributed by atoms with Gasteiger partial charge in [0, 0.05) is 19.7 Å². The molecule has 2 aromatic carbocycles. The summed E-state index contributed by atoms with van der Waals surface area (Å²) in [6.07, 6.45) is 0. The monoisotopic (exact) mass is 329 g/mol. The Morgan fingerprint density at radius 1 is 1.10 bits per heavy atom. The molecule has 0 aliphatic heterocycles. The maximum absolute atomic E-state index is 13.6. The van der Waals surface area contributed by atoms with E-state index in [0.29, 0.717) is 16.1 Å². The molecule has 0 spiro atoms. The number of carbonyl (C=O) groups excluding carboxylic acids is 1. The van der Waals surface area contributed by atoms with Crippen molar-refractivity contribution >= 4 is 29.1 Å². The molecule has 2 aromatic rings. The summed E-state index contributed by atoms with van der Waals surface area (Å²) in [6, 6.07) is 7.82. The molecule has 0 heterocycles. The molecule has 0 bridgehead atoms. The van der Waals surface area contributed by atoms with Gasteiger partial charge >= 0.3 is 0 Å². The van der Waals surface area contributed by atoms with Crippen molar-refractivity contribution in [3.05, 3.63) is 69.2 Å². The molecule has 0 aliphatic carbocycles. The molecular formula is C15H11Cl2F2NO. The Morgan fingerprint density at radius 2 is 1.81 bits per heavy atom. The Bertz CT molecular complexity index is 691. The third-order valence-electron chi connectivity index (χ3n) is 2.91. The van der Waals surface area contributed by atoms with Gasteiger partial charge in [-0.1, -0.05) is 29.3 Å². The number of nitrogens with zero attached hydrogens (tertiary/aromatic N) is 1. The fourth-order valence-corrected chi connectivity index (χ4v) is 2.17. The van der Waals surface area contributed by atoms with Crippen LogP contribution in [0, 0.1) is 11.6 Å². The second-order valence-electron chi connectivity index (χ2n) is 4.53. The van der Waals surface area contributed by atoms with E-state index in [4.69, 9.17) is 23.2 Å². The Balaban J connectivity index is 2.17. The molecule has 0 saturated heterocycles. The van der Waals surface area contributed by atoms with Crippen LogP contribution in [-0.4, -0.2) is 17.9 Å². The number of benzene rings is 2. The first-order chi connectivity index (χ1) is 9.88. The smallest absolute Gasteiger partial charge is 0.256 e. The topological polar surface area (TPSA) is 20.3 Å². The predicted molar refractivity (Wildman–Crippen MR) is 78.6 cm³/mol. The highest BCUT2D eigenvalue weighted by Gasteiger charge is 2.17. The third kappa shape index (κ3) is 3.71. The van der Waals surface area contributed by atoms with Crippen LogP contribution in [0.1, 0.15) is 15.9 Å². The van der Waals surface area contributed by atoms with Crippen LogP contribution in [0.3, 0.4) is 0 Å². The van der Waals surface area contributed by atoms with Gasteiger partial charge in [0.05, 0.1) is 15.6 Å². The minimum atomic E-state index is -0.888. The molecule has 2 nitrogen and oxygen atoms in total. The largest absolute Gasteiger partial charge is 0.337 e. The summed E-state index contributed by atoms with van der Waals surface area (Å²) in [5, 5.41) is 0.793. The summed E-state index contributed by atoms with van der Waals surface area (Å²) in [4.78, 5) is 13.5. The van der Waals surface area contributed by atoms with Crippen molar-refractivity contribution in [3.8, 4) is 0 Å². The van der Waals surface area contributed by atoms with E-state index in [2.05, 4.69) is 0 Å². The zero-order chi connectivity index (χ0) is 15.6. The molecule has 0 aromatic heterocycles. The van der Waals surface area contributed by atoms with Crippen molar-refractivity contribution in [2.24, 2.45) is 0 Å². The van der Waals surface area contributed by atoms with E-state index in [1.165, 1.54) is 11.9 Å². The van der Waals surface area contributed by atoms with E-state index >= 15 is 0 Å². The normalized spacial score (nSPS) is 10.5. The quantitative estimate of drug-likeness (QED) is 0.809. The van der Waals surface area contributed by atoms with Crippen molar-refractivity contribution in [1.29, 1.82) is 0 Å². The summed E-state index contributed by atoms with van der Waals surface area (Å²) in [6.45, 7) is 0.229. The molecule has 0 N–H and O–H groups in total. The molecule has 1 amide bonds. The number of halogens is 4. The second kappa shape index (κ2) is 6.41. The molecule has 0 saturated carbocycles. The number of hydrogen-bond acceptors (Lipinski definition) is 1. The van der Waals surface area contributed by atoms with E-state index in [0.717, 1.165) is 17.7 Å². The molecule has 0 unspecified atom stereocenters. The van der Waals surface area contributed by atoms with Crippen molar-refractivity contribution in [2.75, 3.05) is 7.05 Å². The summed E-state index contributed by atoms with van der Waals surface area (Å²) in [7, 11) is 1.52. The fourth-order valence-electron chi connectivity index (χ4n) is 1.85. The Kier molecular flexibility index (Phi) is 4.80. The van der Waals surface area contributed by atoms with Crippen LogP contribution in [0.25, 0.3) is 0 Å². The molecule has 6 heteroatoms. The lowest BCUT2D eigenvalue weighted by Crippen LogP contribution is -2.27. The van der Waals surface area contributed by atoms with Gasteiger partial charge in [0.25, 0.3) is 5.91 Å². The van der Waals surface area contributed by atoms with Crippen molar-refractivity contribution in [1.82, 2.24) is 4.90 Å². The Hall–Kier alpha value is -1.65. The first-order valence-corrected chi connectivity index (χ1v) is 6.78. The van der Waals surface area contributed by atoms with Crippen LogP contribution in [0.5, 0.6) is 0 Å². The van der Waals surface area contributed by atoms with Gasteiger partial charge in [-0.2, -0.15) is 0 Å². The number of carbonyl (C=O) groups is 1. The van der Waals surface area contributed by atoms with Crippen molar-refractivity contribution in [3.63, 3.8) is 0 Å². The minimum absolute atomic E-state index is 0.182. The number of hydrogen-bond donors (Lipinski definition) is 0. The lowest BCUT2D eigenvalue weighted by molar-refractivity contribution is 0.0780. The average Bonchev–Trinajstić information content (AvgIpc) is 2.42. The van der Waals surface area contributed by atoms with Gasteiger partial charge in [-0.3, -0.25) is 4.79 Å². The molecule has 0 aliphatic rings. The highest BCUT2D eigenvalue weighted by Crippen LogP contribution is 2.23. The molecule has 0 fully saturated rings. The average molecular weight is 330 g/mol. The molecule has 2 rings (SSSR count). The van der Waals surface area contributed by atoms with E-state index in [-0.39, 0.29) is 12.1 Å². The fraction of sp³-hybridized carbons (Fsp3) is 0.133. The maximum atomic E-state index is 13.6. The summed E-state index contributed by atoms with van der Waals surface area (Å²) in [5.41, 5.74) is 0.571. The Morgan fingerprint density at radius 3 is 2.43 bits per heavy atom. The SMILES string of the molecule is CN(Cc1ccc(Cl)c(Cl)c1)C(=O)c1ccc(F)cc1F. The van der Waals surface area contributed by atoms with E-state index in [1.54, 1.807) is 18.2 Å². The predicted octanol–water partition coefficient (Wildman–Crippen LogP) is 4.54. The molecule has 110 valence electrons. The van der Waals surface area contributed by atoms with E-state index in [1.807, 2.05) is 0 Å². The van der Waals surface area contributed by atoms with Crippen molar-refractivity contribution < 1.29 is 13.6 Å². The lowest BCUT2D eigenvalue weighted by Gasteiger charge is -2.18. The first-order valence-electron chi connectivity index (χ1n) is 6.03. The minimum Gasteiger partial charge on any atom is -0.337 e. The van der Waals surface area contributed by atoms with Crippen LogP contribution < -0.4 is 0 Å².